The van der Waals surface area contributed by atoms with Gasteiger partial charge in [0.05, 0.1) is 13.5 Å². The van der Waals surface area contributed by atoms with Gasteiger partial charge in [-0.15, -0.1) is 0 Å². The van der Waals surface area contributed by atoms with E-state index >= 15 is 0 Å². The van der Waals surface area contributed by atoms with Crippen LogP contribution >= 0.6 is 11.8 Å². The van der Waals surface area contributed by atoms with E-state index in [1.165, 1.54) is 0 Å². The van der Waals surface area contributed by atoms with Crippen LogP contribution in [0.25, 0.3) is 0 Å². The standard InChI is InChI=1S/C18H24O4S/c1-21-16-4-2-3-14(15(11-17(19)20)12-5-6-12)18(16)22-13-7-9-23-10-8-13/h2-4,12-13,15H,5-11H2,1H3,(H,19,20). The summed E-state index contributed by atoms with van der Waals surface area (Å²) in [4.78, 5) is 11.3. The monoisotopic (exact) mass is 336 g/mol. The van der Waals surface area contributed by atoms with Crippen LogP contribution in [0.5, 0.6) is 11.5 Å². The topological polar surface area (TPSA) is 55.8 Å². The minimum Gasteiger partial charge on any atom is -0.493 e. The molecular weight excluding hydrogens is 312 g/mol. The lowest BCUT2D eigenvalue weighted by Crippen LogP contribution is -2.23. The van der Waals surface area contributed by atoms with Gasteiger partial charge in [-0.05, 0) is 49.2 Å². The van der Waals surface area contributed by atoms with Crippen molar-refractivity contribution in [3.8, 4) is 11.5 Å². The van der Waals surface area contributed by atoms with E-state index in [0.29, 0.717) is 5.92 Å². The molecule has 1 aromatic carbocycles. The second-order valence-electron chi connectivity index (χ2n) is 6.35. The van der Waals surface area contributed by atoms with Crippen molar-refractivity contribution < 1.29 is 19.4 Å². The van der Waals surface area contributed by atoms with Gasteiger partial charge in [0.1, 0.15) is 6.10 Å². The van der Waals surface area contributed by atoms with Gasteiger partial charge in [0.15, 0.2) is 11.5 Å². The molecule has 1 saturated carbocycles. The van der Waals surface area contributed by atoms with Gasteiger partial charge in [0, 0.05) is 11.5 Å². The molecule has 1 aromatic rings. The third kappa shape index (κ3) is 4.14. The zero-order chi connectivity index (χ0) is 16.2. The summed E-state index contributed by atoms with van der Waals surface area (Å²) >= 11 is 1.96. The predicted octanol–water partition coefficient (Wildman–Crippen LogP) is 3.94. The van der Waals surface area contributed by atoms with Crippen molar-refractivity contribution in [1.29, 1.82) is 0 Å². The Hall–Kier alpha value is -1.36. The van der Waals surface area contributed by atoms with E-state index in [-0.39, 0.29) is 18.4 Å². The van der Waals surface area contributed by atoms with Gasteiger partial charge in [-0.1, -0.05) is 12.1 Å². The molecule has 1 atom stereocenters. The van der Waals surface area contributed by atoms with Gasteiger partial charge >= 0.3 is 5.97 Å². The van der Waals surface area contributed by atoms with Crippen molar-refractivity contribution in [2.24, 2.45) is 5.92 Å². The van der Waals surface area contributed by atoms with E-state index in [4.69, 9.17) is 9.47 Å². The number of para-hydroxylation sites is 1. The summed E-state index contributed by atoms with van der Waals surface area (Å²) in [5, 5.41) is 9.29. The van der Waals surface area contributed by atoms with E-state index in [0.717, 1.165) is 54.3 Å². The molecular formula is C18H24O4S. The highest BCUT2D eigenvalue weighted by molar-refractivity contribution is 7.99. The van der Waals surface area contributed by atoms with Crippen molar-refractivity contribution in [1.82, 2.24) is 0 Å². The van der Waals surface area contributed by atoms with Crippen molar-refractivity contribution >= 4 is 17.7 Å². The zero-order valence-corrected chi connectivity index (χ0v) is 14.3. The van der Waals surface area contributed by atoms with Crippen LogP contribution in [-0.4, -0.2) is 35.8 Å². The fourth-order valence-corrected chi connectivity index (χ4v) is 4.35. The minimum absolute atomic E-state index is 0.0237. The first kappa shape index (κ1) is 16.5. The maximum absolute atomic E-state index is 11.3. The Balaban J connectivity index is 1.89. The lowest BCUT2D eigenvalue weighted by Gasteiger charge is -2.27. The number of carbonyl (C=O) groups is 1. The Morgan fingerprint density at radius 1 is 1.30 bits per heavy atom. The lowest BCUT2D eigenvalue weighted by atomic mass is 9.90. The van der Waals surface area contributed by atoms with Crippen molar-refractivity contribution in [3.63, 3.8) is 0 Å². The molecule has 0 amide bonds. The number of ether oxygens (including phenoxy) is 2. The first-order chi connectivity index (χ1) is 11.2. The highest BCUT2D eigenvalue weighted by atomic mass is 32.2. The second-order valence-corrected chi connectivity index (χ2v) is 7.57. The van der Waals surface area contributed by atoms with Gasteiger partial charge < -0.3 is 14.6 Å². The van der Waals surface area contributed by atoms with Crippen LogP contribution in [-0.2, 0) is 4.79 Å². The summed E-state index contributed by atoms with van der Waals surface area (Å²) in [6, 6.07) is 5.86. The average Bonchev–Trinajstić information content (AvgIpc) is 3.39. The van der Waals surface area contributed by atoms with Crippen LogP contribution in [0.15, 0.2) is 18.2 Å². The van der Waals surface area contributed by atoms with E-state index in [2.05, 4.69) is 0 Å². The number of thioether (sulfide) groups is 1. The molecule has 0 spiro atoms. The van der Waals surface area contributed by atoms with E-state index < -0.39 is 5.97 Å². The number of hydrogen-bond donors (Lipinski definition) is 1. The van der Waals surface area contributed by atoms with Crippen LogP contribution in [0.4, 0.5) is 0 Å². The molecule has 1 unspecified atom stereocenters. The van der Waals surface area contributed by atoms with E-state index in [1.54, 1.807) is 7.11 Å². The average molecular weight is 336 g/mol. The Bertz CT molecular complexity index is 550. The quantitative estimate of drug-likeness (QED) is 0.817. The van der Waals surface area contributed by atoms with Crippen molar-refractivity contribution in [2.75, 3.05) is 18.6 Å². The molecule has 0 bridgehead atoms. The number of methoxy groups -OCH3 is 1. The number of benzene rings is 1. The summed E-state index contributed by atoms with van der Waals surface area (Å²) in [6.45, 7) is 0. The van der Waals surface area contributed by atoms with Gasteiger partial charge in [-0.2, -0.15) is 11.8 Å². The number of rotatable bonds is 7. The molecule has 1 aliphatic carbocycles. The maximum atomic E-state index is 11.3. The first-order valence-electron chi connectivity index (χ1n) is 8.32. The van der Waals surface area contributed by atoms with Crippen LogP contribution in [0.2, 0.25) is 0 Å². The molecule has 1 saturated heterocycles. The highest BCUT2D eigenvalue weighted by Gasteiger charge is 2.36. The maximum Gasteiger partial charge on any atom is 0.303 e. The van der Waals surface area contributed by atoms with E-state index in [9.17, 15) is 9.90 Å². The highest BCUT2D eigenvalue weighted by Crippen LogP contribution is 2.49. The molecule has 0 radical (unpaired) electrons. The van der Waals surface area contributed by atoms with Crippen LogP contribution in [0.1, 0.15) is 43.6 Å². The molecule has 1 heterocycles. The van der Waals surface area contributed by atoms with Crippen LogP contribution in [0.3, 0.4) is 0 Å². The van der Waals surface area contributed by atoms with Gasteiger partial charge in [-0.3, -0.25) is 4.79 Å². The zero-order valence-electron chi connectivity index (χ0n) is 13.5. The molecule has 1 N–H and O–H groups in total. The summed E-state index contributed by atoms with van der Waals surface area (Å²) in [5.74, 6) is 3.47. The Morgan fingerprint density at radius 3 is 2.65 bits per heavy atom. The van der Waals surface area contributed by atoms with Crippen molar-refractivity contribution in [3.05, 3.63) is 23.8 Å². The number of carboxylic acids is 1. The normalized spacial score (nSPS) is 20.0. The second kappa shape index (κ2) is 7.47. The Kier molecular flexibility index (Phi) is 5.36. The lowest BCUT2D eigenvalue weighted by molar-refractivity contribution is -0.137. The third-order valence-corrected chi connectivity index (χ3v) is 5.72. The Morgan fingerprint density at radius 2 is 2.04 bits per heavy atom. The van der Waals surface area contributed by atoms with E-state index in [1.807, 2.05) is 30.0 Å². The fraction of sp³-hybridized carbons (Fsp3) is 0.611. The number of hydrogen-bond acceptors (Lipinski definition) is 4. The molecule has 2 fully saturated rings. The molecule has 4 nitrogen and oxygen atoms in total. The fourth-order valence-electron chi connectivity index (χ4n) is 3.29. The number of carboxylic acid groups (broad SMARTS) is 1. The third-order valence-electron chi connectivity index (χ3n) is 4.67. The molecule has 5 heteroatoms. The largest absolute Gasteiger partial charge is 0.493 e. The van der Waals surface area contributed by atoms with Crippen molar-refractivity contribution in [2.45, 2.75) is 44.1 Å². The smallest absolute Gasteiger partial charge is 0.303 e. The van der Waals surface area contributed by atoms with Crippen LogP contribution < -0.4 is 9.47 Å². The molecule has 3 rings (SSSR count). The summed E-state index contributed by atoms with van der Waals surface area (Å²) < 4.78 is 11.8. The van der Waals surface area contributed by atoms with Gasteiger partial charge in [-0.25, -0.2) is 0 Å². The first-order valence-corrected chi connectivity index (χ1v) is 9.47. The molecule has 2 aliphatic rings. The van der Waals surface area contributed by atoms with Crippen LogP contribution in [0, 0.1) is 5.92 Å². The predicted molar refractivity (Wildman–Crippen MR) is 91.7 cm³/mol. The van der Waals surface area contributed by atoms with Gasteiger partial charge in [0.2, 0.25) is 0 Å². The summed E-state index contributed by atoms with van der Waals surface area (Å²) in [6.07, 6.45) is 4.65. The summed E-state index contributed by atoms with van der Waals surface area (Å²) in [7, 11) is 1.64. The molecule has 126 valence electrons. The number of aliphatic carboxylic acids is 1. The van der Waals surface area contributed by atoms with Gasteiger partial charge in [0.25, 0.3) is 0 Å². The SMILES string of the molecule is COc1cccc(C(CC(=O)O)C2CC2)c1OC1CCSCC1. The molecule has 23 heavy (non-hydrogen) atoms. The Labute approximate surface area is 141 Å². The molecule has 1 aliphatic heterocycles. The molecule has 0 aromatic heterocycles. The summed E-state index contributed by atoms with van der Waals surface area (Å²) in [5.41, 5.74) is 1.01. The minimum atomic E-state index is -0.746.